The Morgan fingerprint density at radius 1 is 1.04 bits per heavy atom. The molecule has 6 heteroatoms. The third-order valence-electron chi connectivity index (χ3n) is 3.99. The van der Waals surface area contributed by atoms with Crippen molar-refractivity contribution in [3.63, 3.8) is 0 Å². The van der Waals surface area contributed by atoms with Crippen LogP contribution < -0.4 is 15.4 Å². The summed E-state index contributed by atoms with van der Waals surface area (Å²) in [5.41, 5.74) is 3.82. The van der Waals surface area contributed by atoms with Crippen LogP contribution in [0.15, 0.2) is 71.2 Å². The largest absolute Gasteiger partial charge is 0.484 e. The molecule has 0 aliphatic carbocycles. The Hall–Kier alpha value is -2.50. The minimum atomic E-state index is -0.196. The van der Waals surface area contributed by atoms with E-state index in [0.29, 0.717) is 17.3 Å². The lowest BCUT2D eigenvalue weighted by Crippen LogP contribution is -2.20. The lowest BCUT2D eigenvalue weighted by atomic mass is 10.2. The van der Waals surface area contributed by atoms with Crippen molar-refractivity contribution in [1.82, 2.24) is 0 Å². The Kier molecular flexibility index (Phi) is 6.95. The zero-order valence-corrected chi connectivity index (χ0v) is 17.7. The monoisotopic (exact) mass is 458 g/mol. The third kappa shape index (κ3) is 6.01. The molecule has 3 rings (SSSR count). The maximum Gasteiger partial charge on any atom is 0.262 e. The van der Waals surface area contributed by atoms with Gasteiger partial charge in [-0.1, -0.05) is 35.9 Å². The van der Waals surface area contributed by atoms with E-state index in [4.69, 9.17) is 16.3 Å². The van der Waals surface area contributed by atoms with Crippen molar-refractivity contribution >= 4 is 44.8 Å². The molecule has 28 heavy (non-hydrogen) atoms. The minimum Gasteiger partial charge on any atom is -0.484 e. The fourth-order valence-corrected chi connectivity index (χ4v) is 3.05. The SMILES string of the molecule is Cc1cccc(NC(=O)COc2cccc(CNc3ccc(Br)c(Cl)c3)c2)c1. The normalized spacial score (nSPS) is 10.4. The number of carbonyl (C=O) groups excluding carboxylic acids is 1. The van der Waals surface area contributed by atoms with Gasteiger partial charge in [-0.25, -0.2) is 0 Å². The van der Waals surface area contributed by atoms with Gasteiger partial charge in [0.1, 0.15) is 5.75 Å². The number of ether oxygens (including phenoxy) is 1. The summed E-state index contributed by atoms with van der Waals surface area (Å²) in [7, 11) is 0. The Labute approximate surface area is 178 Å². The molecule has 0 aliphatic rings. The van der Waals surface area contributed by atoms with Gasteiger partial charge in [-0.3, -0.25) is 4.79 Å². The number of hydrogen-bond donors (Lipinski definition) is 2. The van der Waals surface area contributed by atoms with Crippen LogP contribution in [0.4, 0.5) is 11.4 Å². The van der Waals surface area contributed by atoms with Crippen LogP contribution in [0.3, 0.4) is 0 Å². The van der Waals surface area contributed by atoms with Gasteiger partial charge in [-0.05, 0) is 76.4 Å². The van der Waals surface area contributed by atoms with E-state index in [0.717, 1.165) is 27.0 Å². The molecule has 0 saturated carbocycles. The molecule has 0 radical (unpaired) electrons. The first kappa shape index (κ1) is 20.2. The van der Waals surface area contributed by atoms with Crippen LogP contribution in [0.2, 0.25) is 5.02 Å². The summed E-state index contributed by atoms with van der Waals surface area (Å²) in [6, 6.07) is 21.0. The van der Waals surface area contributed by atoms with E-state index in [1.54, 1.807) is 0 Å². The molecule has 0 spiro atoms. The number of aryl methyl sites for hydroxylation is 1. The number of benzene rings is 3. The fourth-order valence-electron chi connectivity index (χ4n) is 2.62. The topological polar surface area (TPSA) is 50.4 Å². The van der Waals surface area contributed by atoms with E-state index in [2.05, 4.69) is 26.6 Å². The standard InChI is InChI=1S/C22H20BrClN2O2/c1-15-4-2-6-18(10-15)26-22(27)14-28-19-7-3-5-16(11-19)13-25-17-8-9-20(23)21(24)12-17/h2-12,25H,13-14H2,1H3,(H,26,27). The lowest BCUT2D eigenvalue weighted by Gasteiger charge is -2.11. The number of rotatable bonds is 7. The molecule has 3 aromatic rings. The van der Waals surface area contributed by atoms with Crippen molar-refractivity contribution in [2.24, 2.45) is 0 Å². The van der Waals surface area contributed by atoms with Crippen molar-refractivity contribution in [2.45, 2.75) is 13.5 Å². The van der Waals surface area contributed by atoms with Crippen molar-refractivity contribution in [2.75, 3.05) is 17.2 Å². The predicted molar refractivity (Wildman–Crippen MR) is 118 cm³/mol. The summed E-state index contributed by atoms with van der Waals surface area (Å²) in [5, 5.41) is 6.80. The van der Waals surface area contributed by atoms with E-state index >= 15 is 0 Å². The predicted octanol–water partition coefficient (Wildman–Crippen LogP) is 6.04. The average molecular weight is 460 g/mol. The Balaban J connectivity index is 1.52. The molecule has 1 amide bonds. The first-order chi connectivity index (χ1) is 13.5. The summed E-state index contributed by atoms with van der Waals surface area (Å²) >= 11 is 9.49. The second kappa shape index (κ2) is 9.62. The first-order valence-electron chi connectivity index (χ1n) is 8.77. The molecular weight excluding hydrogens is 440 g/mol. The highest BCUT2D eigenvalue weighted by Gasteiger charge is 2.05. The number of amides is 1. The molecule has 0 bridgehead atoms. The molecule has 0 atom stereocenters. The van der Waals surface area contributed by atoms with Gasteiger partial charge in [0.2, 0.25) is 0 Å². The van der Waals surface area contributed by atoms with Gasteiger partial charge >= 0.3 is 0 Å². The van der Waals surface area contributed by atoms with Crippen molar-refractivity contribution in [3.05, 3.63) is 87.4 Å². The Bertz CT molecular complexity index is 978. The highest BCUT2D eigenvalue weighted by atomic mass is 79.9. The van der Waals surface area contributed by atoms with Crippen LogP contribution in [0.5, 0.6) is 5.75 Å². The van der Waals surface area contributed by atoms with Crippen LogP contribution in [-0.4, -0.2) is 12.5 Å². The molecule has 0 heterocycles. The van der Waals surface area contributed by atoms with E-state index in [1.165, 1.54) is 0 Å². The second-order valence-electron chi connectivity index (χ2n) is 6.34. The number of hydrogen-bond acceptors (Lipinski definition) is 3. The van der Waals surface area contributed by atoms with Gasteiger partial charge in [-0.2, -0.15) is 0 Å². The quantitative estimate of drug-likeness (QED) is 0.453. The van der Waals surface area contributed by atoms with Gasteiger partial charge in [-0.15, -0.1) is 0 Å². The number of nitrogens with one attached hydrogen (secondary N) is 2. The molecule has 0 unspecified atom stereocenters. The van der Waals surface area contributed by atoms with Crippen LogP contribution in [-0.2, 0) is 11.3 Å². The average Bonchev–Trinajstić information content (AvgIpc) is 2.68. The molecule has 4 nitrogen and oxygen atoms in total. The van der Waals surface area contributed by atoms with E-state index < -0.39 is 0 Å². The van der Waals surface area contributed by atoms with Gasteiger partial charge in [0.05, 0.1) is 5.02 Å². The van der Waals surface area contributed by atoms with Crippen molar-refractivity contribution in [3.8, 4) is 5.75 Å². The summed E-state index contributed by atoms with van der Waals surface area (Å²) in [4.78, 5) is 12.1. The Morgan fingerprint density at radius 2 is 1.86 bits per heavy atom. The second-order valence-corrected chi connectivity index (χ2v) is 7.60. The van der Waals surface area contributed by atoms with Gasteiger partial charge in [0.25, 0.3) is 5.91 Å². The zero-order chi connectivity index (χ0) is 19.9. The van der Waals surface area contributed by atoms with E-state index in [-0.39, 0.29) is 12.5 Å². The first-order valence-corrected chi connectivity index (χ1v) is 9.94. The van der Waals surface area contributed by atoms with Gasteiger partial charge in [0, 0.05) is 22.4 Å². The van der Waals surface area contributed by atoms with E-state index in [1.807, 2.05) is 73.7 Å². The van der Waals surface area contributed by atoms with Crippen LogP contribution in [0.25, 0.3) is 0 Å². The zero-order valence-electron chi connectivity index (χ0n) is 15.3. The minimum absolute atomic E-state index is 0.0485. The molecule has 3 aromatic carbocycles. The summed E-state index contributed by atoms with van der Waals surface area (Å²) in [6.45, 7) is 2.55. The van der Waals surface area contributed by atoms with Crippen LogP contribution >= 0.6 is 27.5 Å². The maximum absolute atomic E-state index is 12.1. The number of halogens is 2. The smallest absolute Gasteiger partial charge is 0.262 e. The lowest BCUT2D eigenvalue weighted by molar-refractivity contribution is -0.118. The van der Waals surface area contributed by atoms with Gasteiger partial charge < -0.3 is 15.4 Å². The molecule has 0 saturated heterocycles. The Morgan fingerprint density at radius 3 is 2.64 bits per heavy atom. The van der Waals surface area contributed by atoms with Crippen LogP contribution in [0, 0.1) is 6.92 Å². The molecule has 0 fully saturated rings. The molecule has 0 aliphatic heterocycles. The summed E-state index contributed by atoms with van der Waals surface area (Å²) in [6.07, 6.45) is 0. The molecule has 0 aromatic heterocycles. The number of anilines is 2. The van der Waals surface area contributed by atoms with E-state index in [9.17, 15) is 4.79 Å². The number of carbonyl (C=O) groups is 1. The molecule has 2 N–H and O–H groups in total. The maximum atomic E-state index is 12.1. The van der Waals surface area contributed by atoms with Gasteiger partial charge in [0.15, 0.2) is 6.61 Å². The van der Waals surface area contributed by atoms with Crippen LogP contribution in [0.1, 0.15) is 11.1 Å². The highest BCUT2D eigenvalue weighted by Crippen LogP contribution is 2.26. The summed E-state index contributed by atoms with van der Waals surface area (Å²) in [5.74, 6) is 0.450. The fraction of sp³-hybridized carbons (Fsp3) is 0.136. The van der Waals surface area contributed by atoms with Crippen molar-refractivity contribution in [1.29, 1.82) is 0 Å². The summed E-state index contributed by atoms with van der Waals surface area (Å²) < 4.78 is 6.49. The molecule has 144 valence electrons. The highest BCUT2D eigenvalue weighted by molar-refractivity contribution is 9.10. The molecular formula is C22H20BrClN2O2. The third-order valence-corrected chi connectivity index (χ3v) is 5.22. The van der Waals surface area contributed by atoms with Crippen molar-refractivity contribution < 1.29 is 9.53 Å².